The second-order valence-electron chi connectivity index (χ2n) is 28.3. The second kappa shape index (κ2) is 42.0. The van der Waals surface area contributed by atoms with E-state index in [-0.39, 0.29) is 6.41 Å². The number of aliphatic hydroxyl groups is 23. The first-order valence-electron chi connectivity index (χ1n) is 36.0. The van der Waals surface area contributed by atoms with E-state index < -0.39 is 359 Å². The van der Waals surface area contributed by atoms with E-state index in [1.165, 1.54) is 0 Å². The number of carboxylic acid groups (broad SMARTS) is 1. The first kappa shape index (κ1) is 94.7. The summed E-state index contributed by atoms with van der Waals surface area (Å²) in [5, 5.41) is 278. The molecule has 51 nitrogen and oxygen atoms in total. The standard InChI is InChI=1S/C63H105N5O46/c1-17(78)65-31-22(82)5-63(62(97)98,113-51(31)35(84)23(83)7-70)114-54-38(87)26(10-73)103-61(47(54)96)109-49-28(12-75)105-57(34(42(49)91)68-20(4)81)112-53-39(88)30(15-100-55-32(66-18(2)79)40(89)36(85)24(8-71)101-55)107-60(46(53)95)108-48-27(11-74)104-56(33(41(48)90)67-19(3)80)111-52-37(86)25(9-72)102-59(45(52)94)110-50-29(13-76)106-58(44(93)43(50)92)99-14-21(6-69)64-16-77/h16,21-61,69-76,82-96H,5-15H2,1-4H3,(H,64,77)(H,65,78)(H,66,79)(H,67,80)(H,68,81)(H,97,98)/t21-,22+,23-,24-,25-,26-,27-,28-,29-,30-,31-,32-,33-,34-,35-,36-,37+,38+,39+,40-,41-,42-,43-,44-,45-,46-,47-,48-,49-,50-,51-,52+,53+,54+,55-,56+,57+,58-,59+,60+,61+,63+/m1/s1. The summed E-state index contributed by atoms with van der Waals surface area (Å²) in [4.78, 5) is 75.1. The molecule has 0 aromatic rings. The van der Waals surface area contributed by atoms with Crippen molar-refractivity contribution < 1.29 is 227 Å². The van der Waals surface area contributed by atoms with Gasteiger partial charge in [0.15, 0.2) is 44.0 Å². The van der Waals surface area contributed by atoms with E-state index >= 15 is 0 Å². The molecule has 0 unspecified atom stereocenters. The molecule has 0 radical (unpaired) electrons. The van der Waals surface area contributed by atoms with Gasteiger partial charge in [0.25, 0.3) is 5.79 Å². The lowest BCUT2D eigenvalue weighted by molar-refractivity contribution is -0.393. The van der Waals surface area contributed by atoms with E-state index in [1.54, 1.807) is 0 Å². The van der Waals surface area contributed by atoms with E-state index in [0.717, 1.165) is 27.7 Å². The zero-order chi connectivity index (χ0) is 84.4. The maximum Gasteiger partial charge on any atom is 0.364 e. The zero-order valence-electron chi connectivity index (χ0n) is 61.2. The molecule has 51 heteroatoms. The number of amides is 5. The summed E-state index contributed by atoms with van der Waals surface area (Å²) in [7, 11) is 0. The van der Waals surface area contributed by atoms with Gasteiger partial charge >= 0.3 is 5.97 Å². The van der Waals surface area contributed by atoms with Gasteiger partial charge in [0.1, 0.15) is 189 Å². The molecule has 658 valence electrons. The highest BCUT2D eigenvalue weighted by atomic mass is 16.8. The van der Waals surface area contributed by atoms with Crippen LogP contribution in [0.1, 0.15) is 34.1 Å². The summed E-state index contributed by atoms with van der Waals surface area (Å²) in [6, 6.07) is -8.52. The molecule has 0 bridgehead atoms. The molecule has 114 heavy (non-hydrogen) atoms. The lowest BCUT2D eigenvalue weighted by Crippen LogP contribution is -2.71. The average Bonchev–Trinajstić information content (AvgIpc) is 0.754. The fourth-order valence-electron chi connectivity index (χ4n) is 14.3. The predicted octanol–water partition coefficient (Wildman–Crippen LogP) is -19.5. The maximum absolute atomic E-state index is 13.2. The van der Waals surface area contributed by atoms with Crippen LogP contribution in [0.4, 0.5) is 0 Å². The van der Waals surface area contributed by atoms with Crippen molar-refractivity contribution in [2.24, 2.45) is 0 Å². The number of hydrogen-bond donors (Lipinski definition) is 29. The molecule has 5 amide bonds. The molecule has 8 aliphatic rings. The second-order valence-corrected chi connectivity index (χ2v) is 28.3. The Morgan fingerprint density at radius 1 is 0.404 bits per heavy atom. The van der Waals surface area contributed by atoms with Crippen LogP contribution in [0.25, 0.3) is 0 Å². The minimum atomic E-state index is -3.29. The van der Waals surface area contributed by atoms with Gasteiger partial charge in [0.2, 0.25) is 30.0 Å². The molecule has 0 spiro atoms. The van der Waals surface area contributed by atoms with Crippen LogP contribution in [0.5, 0.6) is 0 Å². The molecule has 29 N–H and O–H groups in total. The highest BCUT2D eigenvalue weighted by Gasteiger charge is 2.63. The molecule has 8 rings (SSSR count). The highest BCUT2D eigenvalue weighted by Crippen LogP contribution is 2.41. The zero-order valence-corrected chi connectivity index (χ0v) is 61.2. The molecule has 8 fully saturated rings. The quantitative estimate of drug-likeness (QED) is 0.0262. The van der Waals surface area contributed by atoms with Gasteiger partial charge in [-0.05, 0) is 0 Å². The third-order valence-corrected chi connectivity index (χ3v) is 20.2. The Morgan fingerprint density at radius 2 is 0.772 bits per heavy atom. The Balaban J connectivity index is 1.07. The lowest BCUT2D eigenvalue weighted by Gasteiger charge is -2.51. The van der Waals surface area contributed by atoms with E-state index in [2.05, 4.69) is 26.6 Å². The van der Waals surface area contributed by atoms with Crippen LogP contribution in [0.15, 0.2) is 0 Å². The van der Waals surface area contributed by atoms with E-state index in [9.17, 15) is 151 Å². The minimum Gasteiger partial charge on any atom is -0.477 e. The summed E-state index contributed by atoms with van der Waals surface area (Å²) in [5.74, 6) is -9.15. The van der Waals surface area contributed by atoms with Crippen molar-refractivity contribution in [2.45, 2.75) is 291 Å². The Morgan fingerprint density at radius 3 is 1.19 bits per heavy atom. The van der Waals surface area contributed by atoms with Gasteiger partial charge in [-0.1, -0.05) is 0 Å². The smallest absolute Gasteiger partial charge is 0.364 e. The van der Waals surface area contributed by atoms with Crippen molar-refractivity contribution in [1.29, 1.82) is 0 Å². The van der Waals surface area contributed by atoms with Crippen molar-refractivity contribution in [1.82, 2.24) is 26.6 Å². The molecule has 8 saturated heterocycles. The van der Waals surface area contributed by atoms with Gasteiger partial charge in [-0.3, -0.25) is 24.0 Å². The number of carbonyl (C=O) groups excluding carboxylic acids is 5. The number of hydrogen-bond acceptors (Lipinski definition) is 45. The third kappa shape index (κ3) is 21.5. The van der Waals surface area contributed by atoms with Gasteiger partial charge in [-0.15, -0.1) is 0 Å². The van der Waals surface area contributed by atoms with Crippen molar-refractivity contribution in [3.8, 4) is 0 Å². The molecule has 0 saturated carbocycles. The summed E-state index contributed by atoms with van der Waals surface area (Å²) in [6.45, 7) is -6.40. The SMILES string of the molecule is CC(=O)N[C@H]1[C@H](O[C@H]2[C@@H](O)[C@@H](CO)O[C@@H](O[C@H]3[C@H](O)[C@@H](O)[C@H](OC[C@@H](CO)NC=O)O[C@@H]3CO)[C@@H]2O)O[C@H](CO)[C@@H](O[C@@H]2O[C@H](CO[C@@H]3O[C@H](CO)[C@@H](O)[C@H](O)[C@H]3NC(C)=O)[C@H](O)[C@H](O[C@@H]3O[C@H](CO)[C@@H](O[C@@H]4O[C@H](CO)[C@H](O)[C@H](O[C@]5(C(=O)O)C[C@H](O)[C@@H](NC(C)=O)[C@H]([C@H](O)[C@H](O)CO)O5)[C@H]4O)[C@H](O)[C@H]3NC(C)=O)[C@H]2O)[C@@H]1O. The summed E-state index contributed by atoms with van der Waals surface area (Å²) < 4.78 is 93.7. The van der Waals surface area contributed by atoms with Gasteiger partial charge in [-0.2, -0.15) is 0 Å². The van der Waals surface area contributed by atoms with Crippen LogP contribution in [-0.4, -0.2) is 482 Å². The van der Waals surface area contributed by atoms with Crippen LogP contribution in [-0.2, 0) is 105 Å². The van der Waals surface area contributed by atoms with E-state index in [1.807, 2.05) is 0 Å². The topological polar surface area (TPSA) is 796 Å². The van der Waals surface area contributed by atoms with Crippen LogP contribution in [0.2, 0.25) is 0 Å². The van der Waals surface area contributed by atoms with Gasteiger partial charge in [0.05, 0.1) is 84.3 Å². The monoisotopic (exact) mass is 1670 g/mol. The number of rotatable bonds is 35. The fourth-order valence-corrected chi connectivity index (χ4v) is 14.3. The lowest BCUT2D eigenvalue weighted by atomic mass is 9.88. The van der Waals surface area contributed by atoms with Crippen LogP contribution < -0.4 is 26.6 Å². The third-order valence-electron chi connectivity index (χ3n) is 20.2. The summed E-state index contributed by atoms with van der Waals surface area (Å²) in [6.07, 6.45) is -77.4. The van der Waals surface area contributed by atoms with E-state index in [0.29, 0.717) is 0 Å². The van der Waals surface area contributed by atoms with Crippen LogP contribution >= 0.6 is 0 Å². The Bertz CT molecular complexity index is 3060. The molecule has 0 aliphatic carbocycles. The van der Waals surface area contributed by atoms with Crippen LogP contribution in [0.3, 0.4) is 0 Å². The molecular formula is C63H105N5O46. The van der Waals surface area contributed by atoms with Crippen molar-refractivity contribution in [3.63, 3.8) is 0 Å². The first-order valence-corrected chi connectivity index (χ1v) is 36.0. The number of nitrogens with one attached hydrogen (secondary N) is 5. The number of aliphatic hydroxyl groups excluding tert-OH is 23. The van der Waals surface area contributed by atoms with Crippen molar-refractivity contribution in [2.75, 3.05) is 66.1 Å². The average molecular weight is 1670 g/mol. The largest absolute Gasteiger partial charge is 0.477 e. The molecule has 8 aliphatic heterocycles. The molecule has 0 aromatic carbocycles. The Kier molecular flexibility index (Phi) is 34.9. The molecule has 42 atom stereocenters. The maximum atomic E-state index is 13.2. The number of ether oxygens (including phenoxy) is 16. The van der Waals surface area contributed by atoms with Gasteiger partial charge in [0, 0.05) is 34.1 Å². The summed E-state index contributed by atoms with van der Waals surface area (Å²) >= 11 is 0. The molecule has 0 aromatic heterocycles. The fraction of sp³-hybridized carbons (Fsp3) is 0.905. The highest BCUT2D eigenvalue weighted by molar-refractivity contribution is 5.77. The number of aliphatic carboxylic acids is 1. The summed E-state index contributed by atoms with van der Waals surface area (Å²) in [5.41, 5.74) is 0. The molecule has 8 heterocycles. The molecular weight excluding hydrogens is 1560 g/mol. The number of carboxylic acids is 1. The number of carbonyl (C=O) groups is 6. The normalized spacial score (nSPS) is 44.9. The Labute approximate surface area is 645 Å². The minimum absolute atomic E-state index is 0.245. The first-order chi connectivity index (χ1) is 53.9. The van der Waals surface area contributed by atoms with Gasteiger partial charge in [-0.25, -0.2) is 4.79 Å². The predicted molar refractivity (Wildman–Crippen MR) is 352 cm³/mol. The van der Waals surface area contributed by atoms with E-state index in [4.69, 9.17) is 75.8 Å². The van der Waals surface area contributed by atoms with Gasteiger partial charge < -0.3 is 225 Å². The van der Waals surface area contributed by atoms with Crippen molar-refractivity contribution >= 4 is 36.0 Å². The van der Waals surface area contributed by atoms with Crippen molar-refractivity contribution in [3.05, 3.63) is 0 Å². The van der Waals surface area contributed by atoms with Crippen LogP contribution in [0, 0.1) is 0 Å². The Hall–Kier alpha value is -4.74.